The molecule has 1 aliphatic carbocycles. The van der Waals surface area contributed by atoms with Crippen molar-refractivity contribution in [1.29, 1.82) is 0 Å². The van der Waals surface area contributed by atoms with Crippen LogP contribution in [0.3, 0.4) is 0 Å². The average molecular weight is 480 g/mol. The highest BCUT2D eigenvalue weighted by atomic mass is 16.5. The lowest BCUT2D eigenvalue weighted by atomic mass is 10.0. The van der Waals surface area contributed by atoms with Crippen LogP contribution in [0, 0.1) is 0 Å². The van der Waals surface area contributed by atoms with Crippen molar-refractivity contribution in [3.05, 3.63) is 59.3 Å². The first-order chi connectivity index (χ1) is 17.0. The van der Waals surface area contributed by atoms with Crippen LogP contribution >= 0.6 is 0 Å². The molecule has 1 atom stereocenters. The Morgan fingerprint density at radius 2 is 2.03 bits per heavy atom. The predicted octanol–water partition coefficient (Wildman–Crippen LogP) is 3.83. The lowest BCUT2D eigenvalue weighted by Gasteiger charge is -2.17. The molecule has 0 radical (unpaired) electrons. The monoisotopic (exact) mass is 479 g/mol. The van der Waals surface area contributed by atoms with E-state index in [9.17, 15) is 4.79 Å². The molecule has 0 spiro atoms. The zero-order valence-corrected chi connectivity index (χ0v) is 20.8. The molecular formula is C28H37N3O4. The van der Waals surface area contributed by atoms with E-state index in [0.717, 1.165) is 53.6 Å². The predicted molar refractivity (Wildman–Crippen MR) is 138 cm³/mol. The summed E-state index contributed by atoms with van der Waals surface area (Å²) < 4.78 is 14.1. The molecule has 1 aliphatic rings. The van der Waals surface area contributed by atoms with Crippen molar-refractivity contribution < 1.29 is 19.4 Å². The molecule has 0 unspecified atom stereocenters. The van der Waals surface area contributed by atoms with Crippen molar-refractivity contribution in [2.24, 2.45) is 5.73 Å². The SMILES string of the molecule is CCc1ccc(OCCN[C@H](C)Cc2cc(C(N)=O)c3c(ccn3CCCO)c2)c(OC2CC2)c1. The van der Waals surface area contributed by atoms with Crippen molar-refractivity contribution in [2.45, 2.75) is 64.6 Å². The molecule has 7 heteroatoms. The van der Waals surface area contributed by atoms with E-state index in [-0.39, 0.29) is 12.6 Å². The van der Waals surface area contributed by atoms with Gasteiger partial charge in [0.25, 0.3) is 5.91 Å². The number of benzene rings is 2. The Morgan fingerprint density at radius 1 is 1.20 bits per heavy atom. The molecule has 4 rings (SSSR count). The maximum atomic E-state index is 12.2. The van der Waals surface area contributed by atoms with Gasteiger partial charge in [-0.25, -0.2) is 0 Å². The molecule has 4 N–H and O–H groups in total. The van der Waals surface area contributed by atoms with E-state index >= 15 is 0 Å². The Labute approximate surface area is 207 Å². The molecule has 1 saturated carbocycles. The van der Waals surface area contributed by atoms with Gasteiger partial charge in [0.1, 0.15) is 6.61 Å². The fourth-order valence-corrected chi connectivity index (χ4v) is 4.39. The van der Waals surface area contributed by atoms with E-state index in [1.54, 1.807) is 0 Å². The highest BCUT2D eigenvalue weighted by molar-refractivity contribution is 6.05. The number of rotatable bonds is 14. The third kappa shape index (κ3) is 6.55. The minimum absolute atomic E-state index is 0.107. The molecule has 2 aromatic carbocycles. The number of nitrogens with two attached hydrogens (primary N) is 1. The lowest BCUT2D eigenvalue weighted by Crippen LogP contribution is -2.32. The Bertz CT molecular complexity index is 1150. The summed E-state index contributed by atoms with van der Waals surface area (Å²) in [6.07, 6.45) is 6.87. The fraction of sp³-hybridized carbons (Fsp3) is 0.464. The van der Waals surface area contributed by atoms with Crippen molar-refractivity contribution in [2.75, 3.05) is 19.8 Å². The molecule has 0 saturated heterocycles. The quantitative estimate of drug-likeness (QED) is 0.305. The first-order valence-electron chi connectivity index (χ1n) is 12.7. The van der Waals surface area contributed by atoms with Crippen LogP contribution in [0.25, 0.3) is 10.9 Å². The summed E-state index contributed by atoms with van der Waals surface area (Å²) in [7, 11) is 0. The number of nitrogens with zero attached hydrogens (tertiary/aromatic N) is 1. The summed E-state index contributed by atoms with van der Waals surface area (Å²) in [5.74, 6) is 1.21. The molecule has 35 heavy (non-hydrogen) atoms. The number of amides is 1. The second kappa shape index (κ2) is 11.6. The second-order valence-corrected chi connectivity index (χ2v) is 9.39. The van der Waals surface area contributed by atoms with Crippen LogP contribution < -0.4 is 20.5 Å². The first-order valence-corrected chi connectivity index (χ1v) is 12.7. The van der Waals surface area contributed by atoms with Crippen LogP contribution in [-0.2, 0) is 19.4 Å². The minimum atomic E-state index is -0.437. The van der Waals surface area contributed by atoms with Crippen LogP contribution in [0.2, 0.25) is 0 Å². The van der Waals surface area contributed by atoms with Crippen molar-refractivity contribution in [3.8, 4) is 11.5 Å². The molecule has 7 nitrogen and oxygen atoms in total. The van der Waals surface area contributed by atoms with E-state index < -0.39 is 5.91 Å². The topological polar surface area (TPSA) is 98.7 Å². The van der Waals surface area contributed by atoms with Gasteiger partial charge in [0.15, 0.2) is 11.5 Å². The van der Waals surface area contributed by atoms with Gasteiger partial charge in [-0.2, -0.15) is 0 Å². The Hall–Kier alpha value is -3.03. The van der Waals surface area contributed by atoms with Crippen molar-refractivity contribution in [1.82, 2.24) is 9.88 Å². The highest BCUT2D eigenvalue weighted by Gasteiger charge is 2.25. The molecule has 1 amide bonds. The molecule has 0 aliphatic heterocycles. The maximum Gasteiger partial charge on any atom is 0.250 e. The standard InChI is InChI=1S/C28H37N3O4/c1-3-20-5-8-25(26(18-20)35-23-6-7-23)34-14-10-30-19(2)15-21-16-22-9-12-31(11-4-13-32)27(22)24(17-21)28(29)33/h5,8-9,12,16-19,23,30,32H,3-4,6-7,10-11,13-15H2,1-2H3,(H2,29,33)/t19-/m1/s1. The summed E-state index contributed by atoms with van der Waals surface area (Å²) in [6, 6.07) is 12.4. The molecule has 3 aromatic rings. The van der Waals surface area contributed by atoms with Gasteiger partial charge >= 0.3 is 0 Å². The van der Waals surface area contributed by atoms with Gasteiger partial charge in [-0.1, -0.05) is 13.0 Å². The molecule has 1 aromatic heterocycles. The number of primary amides is 1. The second-order valence-electron chi connectivity index (χ2n) is 9.39. The zero-order valence-electron chi connectivity index (χ0n) is 20.8. The molecule has 1 heterocycles. The number of carbonyl (C=O) groups is 1. The summed E-state index contributed by atoms with van der Waals surface area (Å²) in [5.41, 5.74) is 9.37. The van der Waals surface area contributed by atoms with E-state index in [2.05, 4.69) is 37.4 Å². The van der Waals surface area contributed by atoms with Gasteiger partial charge in [-0.15, -0.1) is 0 Å². The smallest absolute Gasteiger partial charge is 0.250 e. The van der Waals surface area contributed by atoms with Gasteiger partial charge < -0.3 is 30.2 Å². The number of ether oxygens (including phenoxy) is 2. The van der Waals surface area contributed by atoms with Crippen LogP contribution in [0.4, 0.5) is 0 Å². The van der Waals surface area contributed by atoms with E-state index in [4.69, 9.17) is 20.3 Å². The highest BCUT2D eigenvalue weighted by Crippen LogP contribution is 2.34. The zero-order chi connectivity index (χ0) is 24.8. The summed E-state index contributed by atoms with van der Waals surface area (Å²) in [4.78, 5) is 12.2. The number of aromatic nitrogens is 1. The van der Waals surface area contributed by atoms with Gasteiger partial charge in [0.2, 0.25) is 0 Å². The van der Waals surface area contributed by atoms with E-state index in [0.29, 0.717) is 37.8 Å². The Balaban J connectivity index is 1.34. The van der Waals surface area contributed by atoms with Gasteiger partial charge in [-0.3, -0.25) is 4.79 Å². The third-order valence-electron chi connectivity index (χ3n) is 6.37. The van der Waals surface area contributed by atoms with Crippen LogP contribution in [0.5, 0.6) is 11.5 Å². The van der Waals surface area contributed by atoms with Crippen molar-refractivity contribution >= 4 is 16.8 Å². The van der Waals surface area contributed by atoms with Crippen LogP contribution in [0.15, 0.2) is 42.6 Å². The van der Waals surface area contributed by atoms with E-state index in [1.165, 1.54) is 5.56 Å². The fourth-order valence-electron chi connectivity index (χ4n) is 4.39. The van der Waals surface area contributed by atoms with Crippen LogP contribution in [-0.4, -0.2) is 47.5 Å². The van der Waals surface area contributed by atoms with E-state index in [1.807, 2.05) is 29.0 Å². The average Bonchev–Trinajstić information content (AvgIpc) is 3.57. The van der Waals surface area contributed by atoms with Gasteiger partial charge in [-0.05, 0) is 80.5 Å². The molecule has 1 fully saturated rings. The Kier molecular flexibility index (Phi) is 8.31. The largest absolute Gasteiger partial charge is 0.488 e. The molecular weight excluding hydrogens is 442 g/mol. The summed E-state index contributed by atoms with van der Waals surface area (Å²) in [6.45, 7) is 6.25. The van der Waals surface area contributed by atoms with Crippen LogP contribution in [0.1, 0.15) is 54.6 Å². The number of aliphatic hydroxyl groups is 1. The molecule has 188 valence electrons. The number of hydrogen-bond donors (Lipinski definition) is 3. The number of carbonyl (C=O) groups excluding carboxylic acids is 1. The third-order valence-corrected chi connectivity index (χ3v) is 6.37. The Morgan fingerprint density at radius 3 is 2.74 bits per heavy atom. The number of aliphatic hydroxyl groups excluding tert-OH is 1. The summed E-state index contributed by atoms with van der Waals surface area (Å²) >= 11 is 0. The normalized spacial score (nSPS) is 14.3. The number of fused-ring (bicyclic) bond motifs is 1. The number of nitrogens with one attached hydrogen (secondary N) is 1. The first kappa shape index (κ1) is 25.1. The maximum absolute atomic E-state index is 12.2. The van der Waals surface area contributed by atoms with Gasteiger partial charge in [0, 0.05) is 37.3 Å². The number of aryl methyl sites for hydroxylation is 2. The minimum Gasteiger partial charge on any atom is -0.488 e. The van der Waals surface area contributed by atoms with Crippen molar-refractivity contribution in [3.63, 3.8) is 0 Å². The number of hydrogen-bond acceptors (Lipinski definition) is 5. The molecule has 0 bridgehead atoms. The van der Waals surface area contributed by atoms with Gasteiger partial charge in [0.05, 0.1) is 17.2 Å². The summed E-state index contributed by atoms with van der Waals surface area (Å²) in [5, 5.41) is 13.7. The lowest BCUT2D eigenvalue weighted by molar-refractivity contribution is 0.100.